The van der Waals surface area contributed by atoms with E-state index in [-0.39, 0.29) is 11.5 Å². The maximum absolute atomic E-state index is 12.3. The Morgan fingerprint density at radius 2 is 2.13 bits per heavy atom. The van der Waals surface area contributed by atoms with E-state index in [0.717, 1.165) is 5.56 Å². The molecule has 0 atom stereocenters. The van der Waals surface area contributed by atoms with Crippen molar-refractivity contribution in [1.82, 2.24) is 9.88 Å². The van der Waals surface area contributed by atoms with Gasteiger partial charge in [0.25, 0.3) is 0 Å². The highest BCUT2D eigenvalue weighted by molar-refractivity contribution is 6.14. The Kier molecular flexibility index (Phi) is 3.80. The maximum atomic E-state index is 12.3. The van der Waals surface area contributed by atoms with Gasteiger partial charge in [0.1, 0.15) is 11.5 Å². The smallest absolute Gasteiger partial charge is 0.414 e. The van der Waals surface area contributed by atoms with E-state index in [1.54, 1.807) is 50.8 Å². The van der Waals surface area contributed by atoms with Gasteiger partial charge in [0.15, 0.2) is 5.76 Å². The normalized spacial score (nSPS) is 14.3. The Hall–Kier alpha value is -3.15. The van der Waals surface area contributed by atoms with Crippen LogP contribution in [0.25, 0.3) is 6.08 Å². The highest BCUT2D eigenvalue weighted by Gasteiger charge is 2.28. The molecule has 0 aliphatic carbocycles. The molecule has 0 saturated carbocycles. The van der Waals surface area contributed by atoms with Crippen molar-refractivity contribution in [2.75, 3.05) is 14.1 Å². The van der Waals surface area contributed by atoms with Crippen molar-refractivity contribution in [3.63, 3.8) is 0 Å². The lowest BCUT2D eigenvalue weighted by molar-refractivity contribution is 0.101. The van der Waals surface area contributed by atoms with E-state index in [1.165, 1.54) is 11.0 Å². The van der Waals surface area contributed by atoms with Crippen LogP contribution in [0.5, 0.6) is 11.5 Å². The first-order valence-corrected chi connectivity index (χ1v) is 6.92. The van der Waals surface area contributed by atoms with E-state index >= 15 is 0 Å². The summed E-state index contributed by atoms with van der Waals surface area (Å²) in [5.74, 6) is 0.686. The molecule has 1 aliphatic heterocycles. The van der Waals surface area contributed by atoms with Gasteiger partial charge in [0.2, 0.25) is 5.78 Å². The monoisotopic (exact) mass is 310 g/mol. The molecule has 6 nitrogen and oxygen atoms in total. The van der Waals surface area contributed by atoms with E-state index < -0.39 is 6.09 Å². The number of allylic oxidation sites excluding steroid dienone is 1. The molecule has 0 unspecified atom stereocenters. The van der Waals surface area contributed by atoms with Crippen LogP contribution in [0, 0.1) is 0 Å². The number of aromatic nitrogens is 1. The van der Waals surface area contributed by atoms with Crippen LogP contribution in [0.1, 0.15) is 15.9 Å². The minimum Gasteiger partial charge on any atom is -0.452 e. The number of carbonyl (C=O) groups excluding carboxylic acids is 2. The first kappa shape index (κ1) is 14.8. The highest BCUT2D eigenvalue weighted by atomic mass is 16.6. The number of rotatable bonds is 2. The van der Waals surface area contributed by atoms with Gasteiger partial charge in [-0.05, 0) is 29.8 Å². The summed E-state index contributed by atoms with van der Waals surface area (Å²) in [6.07, 6.45) is 4.41. The summed E-state index contributed by atoms with van der Waals surface area (Å²) >= 11 is 0. The molecule has 23 heavy (non-hydrogen) atoms. The largest absolute Gasteiger partial charge is 0.452 e. The van der Waals surface area contributed by atoms with Gasteiger partial charge in [-0.25, -0.2) is 4.79 Å². The van der Waals surface area contributed by atoms with E-state index in [9.17, 15) is 9.59 Å². The first-order valence-electron chi connectivity index (χ1n) is 6.92. The van der Waals surface area contributed by atoms with Crippen molar-refractivity contribution < 1.29 is 19.1 Å². The summed E-state index contributed by atoms with van der Waals surface area (Å²) in [4.78, 5) is 29.2. The van der Waals surface area contributed by atoms with Crippen LogP contribution in [0.4, 0.5) is 4.79 Å². The molecule has 1 aromatic heterocycles. The molecule has 2 aromatic rings. The van der Waals surface area contributed by atoms with Crippen LogP contribution in [-0.2, 0) is 0 Å². The van der Waals surface area contributed by atoms with Gasteiger partial charge < -0.3 is 14.4 Å². The lowest BCUT2D eigenvalue weighted by Gasteiger charge is -2.10. The molecular weight excluding hydrogens is 296 g/mol. The molecule has 0 fully saturated rings. The SMILES string of the molecule is CN(C)C(=O)Oc1ccc2c(c1)OC(=Cc1cccnc1)C2=O. The zero-order valence-electron chi connectivity index (χ0n) is 12.6. The number of hydrogen-bond donors (Lipinski definition) is 0. The first-order chi connectivity index (χ1) is 11.0. The summed E-state index contributed by atoms with van der Waals surface area (Å²) in [6, 6.07) is 8.27. The Morgan fingerprint density at radius 3 is 2.83 bits per heavy atom. The Balaban J connectivity index is 1.85. The third-order valence-corrected chi connectivity index (χ3v) is 3.19. The average molecular weight is 310 g/mol. The van der Waals surface area contributed by atoms with Crippen LogP contribution < -0.4 is 9.47 Å². The lowest BCUT2D eigenvalue weighted by Crippen LogP contribution is -2.25. The molecule has 0 radical (unpaired) electrons. The number of carbonyl (C=O) groups is 2. The van der Waals surface area contributed by atoms with Crippen LogP contribution >= 0.6 is 0 Å². The number of ketones is 1. The van der Waals surface area contributed by atoms with Crippen molar-refractivity contribution >= 4 is 18.0 Å². The van der Waals surface area contributed by atoms with Gasteiger partial charge in [0, 0.05) is 32.6 Å². The molecule has 1 aromatic carbocycles. The number of benzene rings is 1. The third-order valence-electron chi connectivity index (χ3n) is 3.19. The molecule has 116 valence electrons. The zero-order valence-corrected chi connectivity index (χ0v) is 12.6. The van der Waals surface area contributed by atoms with Crippen molar-refractivity contribution in [3.8, 4) is 11.5 Å². The van der Waals surface area contributed by atoms with Crippen molar-refractivity contribution in [3.05, 3.63) is 59.6 Å². The van der Waals surface area contributed by atoms with Crippen LogP contribution in [0.15, 0.2) is 48.5 Å². The predicted molar refractivity (Wildman–Crippen MR) is 83.3 cm³/mol. The van der Waals surface area contributed by atoms with Gasteiger partial charge in [-0.3, -0.25) is 9.78 Å². The van der Waals surface area contributed by atoms with E-state index in [1.807, 2.05) is 6.07 Å². The standard InChI is InChI=1S/C17H14N2O4/c1-19(2)17(21)22-12-5-6-13-14(9-12)23-15(16(13)20)8-11-4-3-7-18-10-11/h3-10H,1-2H3. The highest BCUT2D eigenvalue weighted by Crippen LogP contribution is 2.34. The molecule has 1 aliphatic rings. The number of nitrogens with zero attached hydrogens (tertiary/aromatic N) is 2. The van der Waals surface area contributed by atoms with Gasteiger partial charge in [-0.2, -0.15) is 0 Å². The second kappa shape index (κ2) is 5.92. The Morgan fingerprint density at radius 1 is 1.30 bits per heavy atom. The molecular formula is C17H14N2O4. The minimum absolute atomic E-state index is 0.212. The van der Waals surface area contributed by atoms with Crippen molar-refractivity contribution in [2.24, 2.45) is 0 Å². The summed E-state index contributed by atoms with van der Waals surface area (Å²) < 4.78 is 10.7. The molecule has 0 saturated heterocycles. The van der Waals surface area contributed by atoms with Crippen molar-refractivity contribution in [2.45, 2.75) is 0 Å². The summed E-state index contributed by atoms with van der Waals surface area (Å²) in [6.45, 7) is 0. The van der Waals surface area contributed by atoms with Gasteiger partial charge in [-0.1, -0.05) is 6.07 Å². The Bertz CT molecular complexity index is 797. The van der Waals surface area contributed by atoms with E-state index in [0.29, 0.717) is 17.1 Å². The molecule has 1 amide bonds. The fourth-order valence-electron chi connectivity index (χ4n) is 2.04. The van der Waals surface area contributed by atoms with Crippen LogP contribution in [-0.4, -0.2) is 35.9 Å². The fraction of sp³-hybridized carbons (Fsp3) is 0.118. The number of hydrogen-bond acceptors (Lipinski definition) is 5. The zero-order chi connectivity index (χ0) is 16.4. The van der Waals surface area contributed by atoms with Gasteiger partial charge in [-0.15, -0.1) is 0 Å². The summed E-state index contributed by atoms with van der Waals surface area (Å²) in [5, 5.41) is 0. The lowest BCUT2D eigenvalue weighted by atomic mass is 10.1. The molecule has 6 heteroatoms. The molecule has 0 spiro atoms. The van der Waals surface area contributed by atoms with E-state index in [4.69, 9.17) is 9.47 Å². The second-order valence-electron chi connectivity index (χ2n) is 5.15. The van der Waals surface area contributed by atoms with Gasteiger partial charge in [0.05, 0.1) is 5.56 Å². The predicted octanol–water partition coefficient (Wildman–Crippen LogP) is 2.76. The number of pyridine rings is 1. The fourth-order valence-corrected chi connectivity index (χ4v) is 2.04. The quantitative estimate of drug-likeness (QED) is 0.798. The molecule has 0 bridgehead atoms. The van der Waals surface area contributed by atoms with Crippen molar-refractivity contribution in [1.29, 1.82) is 0 Å². The molecule has 2 heterocycles. The molecule has 0 N–H and O–H groups in total. The minimum atomic E-state index is -0.500. The maximum Gasteiger partial charge on any atom is 0.414 e. The van der Waals surface area contributed by atoms with Crippen LogP contribution in [0.3, 0.4) is 0 Å². The second-order valence-corrected chi connectivity index (χ2v) is 5.15. The summed E-state index contributed by atoms with van der Waals surface area (Å²) in [7, 11) is 3.18. The third kappa shape index (κ3) is 3.06. The number of amides is 1. The number of ether oxygens (including phenoxy) is 2. The number of Topliss-reactive ketones (excluding diaryl/α,β-unsaturated/α-hetero) is 1. The summed E-state index contributed by atoms with van der Waals surface area (Å²) in [5.41, 5.74) is 1.20. The van der Waals surface area contributed by atoms with Gasteiger partial charge >= 0.3 is 6.09 Å². The Labute approximate surface area is 133 Å². The topological polar surface area (TPSA) is 68.7 Å². The van der Waals surface area contributed by atoms with E-state index in [2.05, 4.69) is 4.98 Å². The van der Waals surface area contributed by atoms with Crippen LogP contribution in [0.2, 0.25) is 0 Å². The molecule has 3 rings (SSSR count). The average Bonchev–Trinajstić information content (AvgIpc) is 2.84. The number of fused-ring (bicyclic) bond motifs is 1.